The topological polar surface area (TPSA) is 39.2 Å². The van der Waals surface area contributed by atoms with E-state index in [2.05, 4.69) is 37.9 Å². The van der Waals surface area contributed by atoms with Crippen LogP contribution in [0.1, 0.15) is 49.3 Å². The Morgan fingerprint density at radius 1 is 1.14 bits per heavy atom. The van der Waals surface area contributed by atoms with Crippen molar-refractivity contribution in [2.75, 3.05) is 0 Å². The maximum absolute atomic E-state index is 11.2. The van der Waals surface area contributed by atoms with E-state index >= 15 is 0 Å². The molecule has 0 bridgehead atoms. The molecule has 0 aliphatic carbocycles. The molecule has 0 N–H and O–H groups in total. The molecule has 110 valence electrons. The van der Waals surface area contributed by atoms with Crippen LogP contribution < -0.4 is 4.74 Å². The minimum absolute atomic E-state index is 0.00418. The average molecular weight is 283 g/mol. The van der Waals surface area contributed by atoms with E-state index in [1.807, 2.05) is 13.0 Å². The lowest BCUT2D eigenvalue weighted by Gasteiger charge is -2.23. The Bertz CT molecular complexity index is 652. The van der Waals surface area contributed by atoms with Crippen molar-refractivity contribution in [1.82, 2.24) is 4.98 Å². The van der Waals surface area contributed by atoms with Crippen molar-refractivity contribution in [2.45, 2.75) is 40.0 Å². The second-order valence-electron chi connectivity index (χ2n) is 6.29. The molecule has 0 fully saturated rings. The van der Waals surface area contributed by atoms with Crippen LogP contribution in [-0.2, 0) is 5.41 Å². The van der Waals surface area contributed by atoms with Crippen LogP contribution in [0.25, 0.3) is 0 Å². The van der Waals surface area contributed by atoms with Crippen LogP contribution in [0.15, 0.2) is 36.5 Å². The third kappa shape index (κ3) is 3.69. The van der Waals surface area contributed by atoms with E-state index in [0.717, 1.165) is 16.9 Å². The number of hydrogen-bond acceptors (Lipinski definition) is 3. The van der Waals surface area contributed by atoms with E-state index in [4.69, 9.17) is 4.74 Å². The van der Waals surface area contributed by atoms with Gasteiger partial charge in [-0.1, -0.05) is 32.9 Å². The van der Waals surface area contributed by atoms with Gasteiger partial charge in [0.05, 0.1) is 6.20 Å². The van der Waals surface area contributed by atoms with E-state index in [9.17, 15) is 4.79 Å². The average Bonchev–Trinajstić information content (AvgIpc) is 2.38. The Balaban J connectivity index is 2.34. The first-order valence-electron chi connectivity index (χ1n) is 7.03. The monoisotopic (exact) mass is 283 g/mol. The minimum Gasteiger partial charge on any atom is -0.455 e. The molecule has 0 unspecified atom stereocenters. The van der Waals surface area contributed by atoms with Crippen LogP contribution in [0.3, 0.4) is 0 Å². The van der Waals surface area contributed by atoms with E-state index in [1.54, 1.807) is 18.3 Å². The molecular formula is C18H21NO2. The van der Waals surface area contributed by atoms with Crippen LogP contribution in [0.2, 0.25) is 0 Å². The Hall–Kier alpha value is -2.16. The summed E-state index contributed by atoms with van der Waals surface area (Å²) in [6, 6.07) is 9.68. The zero-order valence-corrected chi connectivity index (χ0v) is 13.2. The highest BCUT2D eigenvalue weighted by Crippen LogP contribution is 2.34. The predicted molar refractivity (Wildman–Crippen MR) is 84.2 cm³/mol. The van der Waals surface area contributed by atoms with Crippen LogP contribution >= 0.6 is 0 Å². The van der Waals surface area contributed by atoms with Crippen molar-refractivity contribution in [3.8, 4) is 11.5 Å². The molecule has 0 aliphatic rings. The molecule has 2 rings (SSSR count). The molecule has 0 radical (unpaired) electrons. The first kappa shape index (κ1) is 15.2. The molecule has 1 aromatic carbocycles. The van der Waals surface area contributed by atoms with E-state index in [1.165, 1.54) is 6.92 Å². The summed E-state index contributed by atoms with van der Waals surface area (Å²) in [7, 11) is 0. The Kier molecular flexibility index (Phi) is 4.12. The number of nitrogens with zero attached hydrogens (tertiary/aromatic N) is 1. The molecular weight excluding hydrogens is 262 g/mol. The van der Waals surface area contributed by atoms with E-state index in [-0.39, 0.29) is 11.2 Å². The van der Waals surface area contributed by atoms with Gasteiger partial charge in [0.15, 0.2) is 5.78 Å². The number of aryl methyl sites for hydroxylation is 1. The second-order valence-corrected chi connectivity index (χ2v) is 6.29. The lowest BCUT2D eigenvalue weighted by molar-refractivity contribution is 0.101. The maximum atomic E-state index is 11.2. The SMILES string of the molecule is CC(=O)c1ccc(Oc2cc(C)ccc2C(C)(C)C)cn1. The molecule has 0 aliphatic heterocycles. The third-order valence-electron chi connectivity index (χ3n) is 3.27. The lowest BCUT2D eigenvalue weighted by atomic mass is 9.86. The number of benzene rings is 1. The fraction of sp³-hybridized carbons (Fsp3) is 0.333. The maximum Gasteiger partial charge on any atom is 0.178 e. The van der Waals surface area contributed by atoms with Crippen molar-refractivity contribution in [2.24, 2.45) is 0 Å². The number of aromatic nitrogens is 1. The van der Waals surface area contributed by atoms with Crippen LogP contribution in [0, 0.1) is 6.92 Å². The number of ketones is 1. The highest BCUT2D eigenvalue weighted by atomic mass is 16.5. The number of hydrogen-bond donors (Lipinski definition) is 0. The van der Waals surface area contributed by atoms with Crippen LogP contribution in [0.4, 0.5) is 0 Å². The number of Topliss-reactive ketones (excluding diaryl/α,β-unsaturated/α-hetero) is 1. The number of rotatable bonds is 3. The second kappa shape index (κ2) is 5.68. The number of ether oxygens (including phenoxy) is 1. The van der Waals surface area contributed by atoms with Crippen LogP contribution in [0.5, 0.6) is 11.5 Å². The van der Waals surface area contributed by atoms with E-state index < -0.39 is 0 Å². The van der Waals surface area contributed by atoms with Gasteiger partial charge >= 0.3 is 0 Å². The van der Waals surface area contributed by atoms with Gasteiger partial charge in [0.1, 0.15) is 17.2 Å². The van der Waals surface area contributed by atoms with Gasteiger partial charge in [0.25, 0.3) is 0 Å². The van der Waals surface area contributed by atoms with Crippen molar-refractivity contribution in [1.29, 1.82) is 0 Å². The predicted octanol–water partition coefficient (Wildman–Crippen LogP) is 4.68. The quantitative estimate of drug-likeness (QED) is 0.768. The summed E-state index contributed by atoms with van der Waals surface area (Å²) in [4.78, 5) is 15.4. The summed E-state index contributed by atoms with van der Waals surface area (Å²) >= 11 is 0. The molecule has 3 nitrogen and oxygen atoms in total. The fourth-order valence-corrected chi connectivity index (χ4v) is 2.11. The highest BCUT2D eigenvalue weighted by Gasteiger charge is 2.19. The first-order chi connectivity index (χ1) is 9.77. The lowest BCUT2D eigenvalue weighted by Crippen LogP contribution is -2.12. The van der Waals surface area contributed by atoms with Crippen molar-refractivity contribution < 1.29 is 9.53 Å². The molecule has 0 saturated carbocycles. The largest absolute Gasteiger partial charge is 0.455 e. The van der Waals surface area contributed by atoms with Gasteiger partial charge in [0.2, 0.25) is 0 Å². The molecule has 3 heteroatoms. The van der Waals surface area contributed by atoms with Crippen molar-refractivity contribution >= 4 is 5.78 Å². The van der Waals surface area contributed by atoms with Gasteiger partial charge in [-0.15, -0.1) is 0 Å². The summed E-state index contributed by atoms with van der Waals surface area (Å²) in [5.41, 5.74) is 2.73. The molecule has 1 aromatic heterocycles. The Labute approximate surface area is 126 Å². The molecule has 21 heavy (non-hydrogen) atoms. The molecule has 0 spiro atoms. The summed E-state index contributed by atoms with van der Waals surface area (Å²) in [5.74, 6) is 1.42. The van der Waals surface area contributed by atoms with Crippen molar-refractivity contribution in [3.63, 3.8) is 0 Å². The molecule has 0 saturated heterocycles. The van der Waals surface area contributed by atoms with E-state index in [0.29, 0.717) is 11.4 Å². The number of carbonyl (C=O) groups excluding carboxylic acids is 1. The Morgan fingerprint density at radius 3 is 2.38 bits per heavy atom. The molecule has 0 amide bonds. The minimum atomic E-state index is -0.0486. The summed E-state index contributed by atoms with van der Waals surface area (Å²) in [6.07, 6.45) is 1.59. The zero-order chi connectivity index (χ0) is 15.6. The van der Waals surface area contributed by atoms with Gasteiger partial charge < -0.3 is 4.74 Å². The summed E-state index contributed by atoms with van der Waals surface area (Å²) in [6.45, 7) is 10.0. The van der Waals surface area contributed by atoms with Crippen molar-refractivity contribution in [3.05, 3.63) is 53.3 Å². The zero-order valence-electron chi connectivity index (χ0n) is 13.2. The Morgan fingerprint density at radius 2 is 1.86 bits per heavy atom. The van der Waals surface area contributed by atoms with Gasteiger partial charge in [-0.05, 0) is 36.1 Å². The van der Waals surface area contributed by atoms with Gasteiger partial charge in [-0.3, -0.25) is 4.79 Å². The molecule has 0 atom stereocenters. The first-order valence-corrected chi connectivity index (χ1v) is 7.03. The highest BCUT2D eigenvalue weighted by molar-refractivity contribution is 5.92. The number of pyridine rings is 1. The fourth-order valence-electron chi connectivity index (χ4n) is 2.11. The van der Waals surface area contributed by atoms with Gasteiger partial charge in [0, 0.05) is 12.5 Å². The van der Waals surface area contributed by atoms with Crippen LogP contribution in [-0.4, -0.2) is 10.8 Å². The molecule has 2 aromatic rings. The molecule has 1 heterocycles. The normalized spacial score (nSPS) is 11.3. The van der Waals surface area contributed by atoms with Gasteiger partial charge in [-0.25, -0.2) is 4.98 Å². The summed E-state index contributed by atoms with van der Waals surface area (Å²) in [5, 5.41) is 0. The standard InChI is InChI=1S/C18H21NO2/c1-12-6-8-15(18(3,4)5)17(10-12)21-14-7-9-16(13(2)20)19-11-14/h6-11H,1-5H3. The van der Waals surface area contributed by atoms with Gasteiger partial charge in [-0.2, -0.15) is 0 Å². The smallest absolute Gasteiger partial charge is 0.178 e. The third-order valence-corrected chi connectivity index (χ3v) is 3.27. The number of carbonyl (C=O) groups is 1. The summed E-state index contributed by atoms with van der Waals surface area (Å²) < 4.78 is 5.98.